The van der Waals surface area contributed by atoms with E-state index in [4.69, 9.17) is 0 Å². The Morgan fingerprint density at radius 3 is 1.57 bits per heavy atom. The second kappa shape index (κ2) is 11.6. The fourth-order valence-corrected chi connectivity index (χ4v) is 24.6. The van der Waals surface area contributed by atoms with E-state index in [2.05, 4.69) is 208 Å². The molecule has 0 fully saturated rings. The van der Waals surface area contributed by atoms with Gasteiger partial charge in [-0.25, -0.2) is 0 Å². The number of rotatable bonds is 5. The molecule has 0 amide bonds. The zero-order valence-corrected chi connectivity index (χ0v) is 35.0. The maximum Gasteiger partial charge on any atom is 0.0579 e. The summed E-state index contributed by atoms with van der Waals surface area (Å²) in [6.45, 7) is 15.6. The third-order valence-corrected chi connectivity index (χ3v) is 23.3. The van der Waals surface area contributed by atoms with E-state index in [1.54, 1.807) is 11.1 Å². The normalized spacial score (nSPS) is 14.0. The summed E-state index contributed by atoms with van der Waals surface area (Å²) in [5.74, 6) is 0. The molecule has 11 rings (SSSR count). The molecule has 0 atom stereocenters. The number of para-hydroxylation sites is 1. The van der Waals surface area contributed by atoms with Crippen molar-refractivity contribution in [1.82, 2.24) is 4.57 Å². The van der Waals surface area contributed by atoms with E-state index in [0.29, 0.717) is 0 Å². The van der Waals surface area contributed by atoms with Crippen LogP contribution in [0.15, 0.2) is 164 Å². The molecule has 1 heterocycles. The van der Waals surface area contributed by atoms with Crippen LogP contribution in [0.3, 0.4) is 0 Å². The maximum absolute atomic E-state index is 2.60. The fraction of sp³-hybridized carbons (Fsp3) is 0.132. The van der Waals surface area contributed by atoms with Gasteiger partial charge in [-0.3, -0.25) is 0 Å². The monoisotopic (exact) mass is 751 g/mol. The van der Waals surface area contributed by atoms with Crippen LogP contribution >= 0.6 is 0 Å². The zero-order valence-electron chi connectivity index (χ0n) is 33.0. The molecule has 56 heavy (non-hydrogen) atoms. The standard InChI is InChI=1S/C53H45NSi2/c1-55(2,3)53(56(4,5)6)48-22-13-12-19-41(48)45-31-34(23-28-49(45)53)35-24-29-50-46(32-35)47-33-36(25-30-51(47)54(50)37-15-8-7-9-16-37)38-26-27-44-40-18-11-10-17-39(40)43-21-14-20-42(38)52(43)44/h7-33H,1-6H3. The molecular formula is C53H45NSi2. The maximum atomic E-state index is 2.60. The van der Waals surface area contributed by atoms with Crippen molar-refractivity contribution >= 4 is 48.7 Å². The number of hydrogen-bond donors (Lipinski definition) is 0. The first-order chi connectivity index (χ1) is 27.1. The molecule has 1 nitrogen and oxygen atoms in total. The highest BCUT2D eigenvalue weighted by molar-refractivity contribution is 6.99. The molecule has 0 aliphatic heterocycles. The van der Waals surface area contributed by atoms with Crippen molar-refractivity contribution < 1.29 is 0 Å². The second-order valence-electron chi connectivity index (χ2n) is 18.1. The third kappa shape index (κ3) is 4.41. The number of fused-ring (bicyclic) bond motifs is 9. The van der Waals surface area contributed by atoms with Crippen molar-refractivity contribution in [2.45, 2.75) is 43.9 Å². The van der Waals surface area contributed by atoms with E-state index >= 15 is 0 Å². The minimum Gasteiger partial charge on any atom is -0.309 e. The van der Waals surface area contributed by atoms with E-state index in [-0.39, 0.29) is 4.66 Å². The molecule has 0 bridgehead atoms. The molecule has 0 N–H and O–H groups in total. The molecule has 270 valence electrons. The van der Waals surface area contributed by atoms with Crippen LogP contribution in [-0.4, -0.2) is 20.7 Å². The molecule has 3 heteroatoms. The van der Waals surface area contributed by atoms with Crippen LogP contribution in [-0.2, 0) is 4.66 Å². The van der Waals surface area contributed by atoms with Crippen LogP contribution < -0.4 is 0 Å². The summed E-state index contributed by atoms with van der Waals surface area (Å²) in [6.07, 6.45) is 0. The van der Waals surface area contributed by atoms with Gasteiger partial charge in [-0.15, -0.1) is 0 Å². The van der Waals surface area contributed by atoms with Gasteiger partial charge in [-0.05, 0) is 120 Å². The topological polar surface area (TPSA) is 4.93 Å². The van der Waals surface area contributed by atoms with Gasteiger partial charge >= 0.3 is 0 Å². The summed E-state index contributed by atoms with van der Waals surface area (Å²) in [5.41, 5.74) is 20.1. The van der Waals surface area contributed by atoms with Crippen molar-refractivity contribution in [3.05, 3.63) is 175 Å². The lowest BCUT2D eigenvalue weighted by atomic mass is 9.93. The van der Waals surface area contributed by atoms with Gasteiger partial charge < -0.3 is 4.57 Å². The smallest absolute Gasteiger partial charge is 0.0579 e. The molecule has 2 aliphatic rings. The van der Waals surface area contributed by atoms with Gasteiger partial charge in [0.2, 0.25) is 0 Å². The van der Waals surface area contributed by atoms with Crippen molar-refractivity contribution in [1.29, 1.82) is 0 Å². The molecule has 0 spiro atoms. The molecule has 0 saturated carbocycles. The molecule has 0 unspecified atom stereocenters. The highest BCUT2D eigenvalue weighted by atomic mass is 28.4. The average molecular weight is 752 g/mol. The van der Waals surface area contributed by atoms with Crippen molar-refractivity contribution in [3.8, 4) is 61.3 Å². The summed E-state index contributed by atoms with van der Waals surface area (Å²) in [7, 11) is -3.43. The SMILES string of the molecule is C[Si](C)(C)C1([Si](C)(C)C)c2ccccc2-c2cc(-c3ccc4c(c3)c3cc(-c5ccc6c7c(cccc57)-c5ccccc5-6)ccc3n4-c3ccccc3)ccc21. The van der Waals surface area contributed by atoms with E-state index < -0.39 is 16.1 Å². The highest BCUT2D eigenvalue weighted by Crippen LogP contribution is 2.58. The molecule has 0 saturated heterocycles. The van der Waals surface area contributed by atoms with Gasteiger partial charge in [0.25, 0.3) is 0 Å². The summed E-state index contributed by atoms with van der Waals surface area (Å²) < 4.78 is 2.59. The predicted molar refractivity (Wildman–Crippen MR) is 246 cm³/mol. The lowest BCUT2D eigenvalue weighted by Gasteiger charge is -2.51. The Morgan fingerprint density at radius 2 is 0.875 bits per heavy atom. The van der Waals surface area contributed by atoms with Gasteiger partial charge in [0, 0.05) is 21.1 Å². The first-order valence-electron chi connectivity index (χ1n) is 20.1. The molecular weight excluding hydrogens is 707 g/mol. The Labute approximate surface area is 331 Å². The first-order valence-corrected chi connectivity index (χ1v) is 27.1. The van der Waals surface area contributed by atoms with Crippen molar-refractivity contribution in [2.24, 2.45) is 0 Å². The fourth-order valence-electron chi connectivity index (χ4n) is 11.5. The number of aromatic nitrogens is 1. The van der Waals surface area contributed by atoms with Crippen LogP contribution in [0.4, 0.5) is 0 Å². The Bertz CT molecular complexity index is 3060. The summed E-state index contributed by atoms with van der Waals surface area (Å²) in [4.78, 5) is 0. The summed E-state index contributed by atoms with van der Waals surface area (Å²) in [6, 6.07) is 62.3. The highest BCUT2D eigenvalue weighted by Gasteiger charge is 2.59. The van der Waals surface area contributed by atoms with Crippen molar-refractivity contribution in [2.75, 3.05) is 0 Å². The Balaban J connectivity index is 1.12. The zero-order chi connectivity index (χ0) is 38.1. The van der Waals surface area contributed by atoms with E-state index in [9.17, 15) is 0 Å². The van der Waals surface area contributed by atoms with Crippen LogP contribution in [0.2, 0.25) is 39.3 Å². The largest absolute Gasteiger partial charge is 0.309 e. The van der Waals surface area contributed by atoms with Crippen LogP contribution in [0.25, 0.3) is 93.9 Å². The quantitative estimate of drug-likeness (QED) is 0.154. The van der Waals surface area contributed by atoms with Crippen LogP contribution in [0.1, 0.15) is 11.1 Å². The van der Waals surface area contributed by atoms with Gasteiger partial charge in [0.1, 0.15) is 0 Å². The second-order valence-corrected chi connectivity index (χ2v) is 29.1. The lowest BCUT2D eigenvalue weighted by molar-refractivity contribution is 0.952. The third-order valence-electron chi connectivity index (χ3n) is 13.3. The molecule has 0 radical (unpaired) electrons. The number of benzene rings is 8. The lowest BCUT2D eigenvalue weighted by Crippen LogP contribution is -2.63. The van der Waals surface area contributed by atoms with Gasteiger partial charge in [0.15, 0.2) is 0 Å². The van der Waals surface area contributed by atoms with Crippen LogP contribution in [0, 0.1) is 0 Å². The minimum absolute atomic E-state index is 0.152. The first kappa shape index (κ1) is 33.6. The molecule has 8 aromatic carbocycles. The molecule has 1 aromatic heterocycles. The van der Waals surface area contributed by atoms with Gasteiger partial charge in [0.05, 0.1) is 27.2 Å². The van der Waals surface area contributed by atoms with E-state index in [1.165, 1.54) is 93.9 Å². The molecule has 9 aromatic rings. The Morgan fingerprint density at radius 1 is 0.357 bits per heavy atom. The van der Waals surface area contributed by atoms with Gasteiger partial charge in [-0.2, -0.15) is 0 Å². The molecule has 2 aliphatic carbocycles. The Kier molecular flexibility index (Phi) is 6.98. The van der Waals surface area contributed by atoms with E-state index in [1.807, 2.05) is 0 Å². The number of hydrogen-bond acceptors (Lipinski definition) is 0. The summed E-state index contributed by atoms with van der Waals surface area (Å²) >= 11 is 0. The minimum atomic E-state index is -1.72. The Hall–Kier alpha value is -5.75. The van der Waals surface area contributed by atoms with Crippen LogP contribution in [0.5, 0.6) is 0 Å². The average Bonchev–Trinajstić information content (AvgIpc) is 3.83. The number of nitrogens with zero attached hydrogens (tertiary/aromatic N) is 1. The van der Waals surface area contributed by atoms with E-state index in [0.717, 1.165) is 0 Å². The predicted octanol–water partition coefficient (Wildman–Crippen LogP) is 14.9. The van der Waals surface area contributed by atoms with Gasteiger partial charge in [-0.1, -0.05) is 161 Å². The summed E-state index contributed by atoms with van der Waals surface area (Å²) in [5, 5.41) is 5.23. The van der Waals surface area contributed by atoms with Crippen molar-refractivity contribution in [3.63, 3.8) is 0 Å².